The maximum Gasteiger partial charge on any atom is 0.422 e. The molecule has 0 aliphatic carbocycles. The number of hydrogen-bond acceptors (Lipinski definition) is 1. The summed E-state index contributed by atoms with van der Waals surface area (Å²) < 4.78 is 337. The number of hydrogen-bond donors (Lipinski definition) is 0. The number of halogens is 24. The molecule has 0 bridgehead atoms. The normalized spacial score (nSPS) is 14.1. The lowest BCUT2D eigenvalue weighted by Gasteiger charge is -2.14. The largest absolute Gasteiger partial charge is 0.450 e. The summed E-state index contributed by atoms with van der Waals surface area (Å²) in [5, 5.41) is -22.3. The van der Waals surface area contributed by atoms with Crippen LogP contribution in [0.5, 0.6) is 0 Å². The molecule has 0 atom stereocenters. The molecule has 0 saturated heterocycles. The van der Waals surface area contributed by atoms with Crippen LogP contribution in [-0.2, 0) is 0 Å². The lowest BCUT2D eigenvalue weighted by Crippen LogP contribution is -2.33. The van der Waals surface area contributed by atoms with Crippen LogP contribution in [0.3, 0.4) is 0 Å². The molecule has 0 unspecified atom stereocenters. The Morgan fingerprint density at radius 2 is 0.469 bits per heavy atom. The number of rotatable bonds is 0. The molecule has 270 valence electrons. The highest BCUT2D eigenvalue weighted by molar-refractivity contribution is 6.17. The molecule has 49 heavy (non-hydrogen) atoms. The monoisotopic (exact) mass is 760 g/mol. The van der Waals surface area contributed by atoms with Crippen molar-refractivity contribution in [3.05, 3.63) is 50.6 Å². The van der Waals surface area contributed by atoms with E-state index in [4.69, 9.17) is 0 Å². The summed E-state index contributed by atoms with van der Waals surface area (Å²) in [6.45, 7) is 0. The van der Waals surface area contributed by atoms with Gasteiger partial charge in [-0.3, -0.25) is 0 Å². The van der Waals surface area contributed by atoms with Crippen LogP contribution in [0.1, 0.15) is 0 Å². The highest BCUT2D eigenvalue weighted by Crippen LogP contribution is 2.46. The molecule has 0 amide bonds. The first-order valence-electron chi connectivity index (χ1n) is 11.4. The van der Waals surface area contributed by atoms with E-state index in [1.54, 1.807) is 0 Å². The van der Waals surface area contributed by atoms with Gasteiger partial charge in [0.2, 0.25) is 0 Å². The second-order valence-electron chi connectivity index (χ2n) is 9.38. The Labute approximate surface area is 247 Å². The van der Waals surface area contributed by atoms with Gasteiger partial charge in [0, 0.05) is 10.8 Å². The Hall–Kier alpha value is -4.22. The average Bonchev–Trinajstić information content (AvgIpc) is 3.24. The van der Waals surface area contributed by atoms with Crippen LogP contribution in [0.2, 0.25) is 0 Å². The molecule has 1 nitrogen and oxygen atoms in total. The van der Waals surface area contributed by atoms with Crippen molar-refractivity contribution < 1.29 is 110 Å². The summed E-state index contributed by atoms with van der Waals surface area (Å²) in [5.41, 5.74) is -18.8. The van der Waals surface area contributed by atoms with E-state index in [2.05, 4.69) is 4.42 Å². The SMILES string of the molecule is Fc1c(=C(C(F)(F)F)C(F)(F)F)c(F)c2c1oc1c(F)c(=C(C(F)(F)F)C(F)(F)F)c(F)c1c1c(F)c(=C(C(F)(F)F)C(F)(F)F)c(F)c21. The van der Waals surface area contributed by atoms with Crippen molar-refractivity contribution in [1.82, 2.24) is 0 Å². The molecule has 1 heterocycles. The van der Waals surface area contributed by atoms with Gasteiger partial charge in [-0.25, -0.2) is 26.3 Å². The van der Waals surface area contributed by atoms with Crippen molar-refractivity contribution in [2.75, 3.05) is 0 Å². The van der Waals surface area contributed by atoms with Gasteiger partial charge in [0.15, 0.2) is 22.8 Å². The summed E-state index contributed by atoms with van der Waals surface area (Å²) in [5.74, 6) is -21.3. The van der Waals surface area contributed by atoms with E-state index in [1.165, 1.54) is 0 Å². The molecule has 4 rings (SSSR count). The summed E-state index contributed by atoms with van der Waals surface area (Å²) in [4.78, 5) is 0. The Morgan fingerprint density at radius 3 is 0.673 bits per heavy atom. The Kier molecular flexibility index (Phi) is 8.16. The second-order valence-corrected chi connectivity index (χ2v) is 9.38. The Bertz CT molecular complexity index is 2040. The zero-order valence-corrected chi connectivity index (χ0v) is 21.5. The van der Waals surface area contributed by atoms with Crippen LogP contribution in [0.15, 0.2) is 4.42 Å². The molecule has 25 heteroatoms. The first kappa shape index (κ1) is 37.6. The van der Waals surface area contributed by atoms with E-state index >= 15 is 26.3 Å². The van der Waals surface area contributed by atoms with Crippen molar-refractivity contribution in [3.63, 3.8) is 0 Å². The highest BCUT2D eigenvalue weighted by Gasteiger charge is 2.56. The predicted molar refractivity (Wildman–Crippen MR) is 112 cm³/mol. The van der Waals surface area contributed by atoms with Gasteiger partial charge < -0.3 is 4.42 Å². The van der Waals surface area contributed by atoms with Gasteiger partial charge in [0.1, 0.15) is 40.0 Å². The van der Waals surface area contributed by atoms with Gasteiger partial charge in [-0.2, -0.15) is 79.0 Å². The third-order valence-corrected chi connectivity index (χ3v) is 6.45. The van der Waals surface area contributed by atoms with Crippen LogP contribution in [0.25, 0.3) is 49.4 Å². The van der Waals surface area contributed by atoms with E-state index in [0.717, 1.165) is 0 Å². The predicted octanol–water partition coefficient (Wildman–Crippen LogP) is 9.12. The minimum Gasteiger partial charge on any atom is -0.450 e. The quantitative estimate of drug-likeness (QED) is 0.163. The van der Waals surface area contributed by atoms with Crippen molar-refractivity contribution in [2.24, 2.45) is 0 Å². The van der Waals surface area contributed by atoms with Crippen LogP contribution in [0, 0.1) is 34.9 Å². The molecule has 3 aromatic carbocycles. The van der Waals surface area contributed by atoms with E-state index in [9.17, 15) is 79.0 Å². The molecule has 0 spiro atoms. The minimum atomic E-state index is -7.03. The van der Waals surface area contributed by atoms with E-state index in [1.807, 2.05) is 0 Å². The van der Waals surface area contributed by atoms with Crippen molar-refractivity contribution in [3.8, 4) is 0 Å². The summed E-state index contributed by atoms with van der Waals surface area (Å²) in [7, 11) is 0. The highest BCUT2D eigenvalue weighted by atomic mass is 19.4. The maximum absolute atomic E-state index is 15.6. The van der Waals surface area contributed by atoms with E-state index < -0.39 is 137 Å². The molecule has 0 aliphatic rings. The molecular formula is C24F24O. The molecule has 0 saturated carbocycles. The summed E-state index contributed by atoms with van der Waals surface area (Å²) in [6.07, 6.45) is -41.9. The maximum atomic E-state index is 15.6. The first-order valence-corrected chi connectivity index (χ1v) is 11.4. The third kappa shape index (κ3) is 5.70. The zero-order valence-electron chi connectivity index (χ0n) is 21.5. The molecule has 4 aromatic rings. The second kappa shape index (κ2) is 10.6. The topological polar surface area (TPSA) is 13.1 Å². The fraction of sp³-hybridized carbons (Fsp3) is 0.250. The lowest BCUT2D eigenvalue weighted by molar-refractivity contribution is -0.140. The molecule has 0 N–H and O–H groups in total. The van der Waals surface area contributed by atoms with Crippen LogP contribution < -0.4 is 15.7 Å². The Morgan fingerprint density at radius 1 is 0.286 bits per heavy atom. The zero-order chi connectivity index (χ0) is 38.1. The fourth-order valence-corrected chi connectivity index (χ4v) is 4.86. The summed E-state index contributed by atoms with van der Waals surface area (Å²) >= 11 is 0. The van der Waals surface area contributed by atoms with Crippen LogP contribution >= 0.6 is 0 Å². The lowest BCUT2D eigenvalue weighted by atomic mass is 10.1. The standard InChI is InChI=1S/C24F24O/c25-8-1-2(9(26)5(8)16(19(31,32)33)20(34,35)36)4-11(28)7(18(23(43,44)45)24(46,47)48)13(30)15(4)49-14-3(1)10(27)6(12(14)29)17(21(37,38)39)22(40,41)42. The van der Waals surface area contributed by atoms with E-state index in [0.29, 0.717) is 0 Å². The average molecular weight is 760 g/mol. The van der Waals surface area contributed by atoms with Gasteiger partial charge in [-0.15, -0.1) is 0 Å². The first-order chi connectivity index (χ1) is 21.7. The number of alkyl halides is 18. The van der Waals surface area contributed by atoms with Crippen LogP contribution in [-0.4, -0.2) is 37.1 Å². The fourth-order valence-electron chi connectivity index (χ4n) is 4.86. The smallest absolute Gasteiger partial charge is 0.422 e. The molecular weight excluding hydrogens is 760 g/mol. The summed E-state index contributed by atoms with van der Waals surface area (Å²) in [6, 6.07) is 0. The van der Waals surface area contributed by atoms with Gasteiger partial charge in [-0.05, 0) is 0 Å². The van der Waals surface area contributed by atoms with Gasteiger partial charge in [0.25, 0.3) is 0 Å². The van der Waals surface area contributed by atoms with Crippen molar-refractivity contribution >= 4 is 49.4 Å². The van der Waals surface area contributed by atoms with E-state index in [-0.39, 0.29) is 0 Å². The van der Waals surface area contributed by atoms with Crippen LogP contribution in [0.4, 0.5) is 105 Å². The molecule has 0 fully saturated rings. The number of fused-ring (bicyclic) bond motifs is 5. The van der Waals surface area contributed by atoms with Gasteiger partial charge >= 0.3 is 37.1 Å². The molecule has 1 aromatic heterocycles. The van der Waals surface area contributed by atoms with Crippen molar-refractivity contribution in [2.45, 2.75) is 37.1 Å². The minimum absolute atomic E-state index is 2.87. The van der Waals surface area contributed by atoms with Gasteiger partial charge in [0.05, 0.1) is 26.4 Å². The van der Waals surface area contributed by atoms with Crippen molar-refractivity contribution in [1.29, 1.82) is 0 Å². The Balaban J connectivity index is 2.73. The molecule has 0 radical (unpaired) electrons. The third-order valence-electron chi connectivity index (χ3n) is 6.45. The van der Waals surface area contributed by atoms with Gasteiger partial charge in [-0.1, -0.05) is 0 Å². The molecule has 0 aliphatic heterocycles.